The Balaban J connectivity index is 2.36. The average molecular weight is 227 g/mol. The van der Waals surface area contributed by atoms with Gasteiger partial charge in [-0.25, -0.2) is 4.68 Å². The molecule has 1 rings (SSSR count). The number of hydrogen-bond donors (Lipinski definition) is 0. The zero-order valence-electron chi connectivity index (χ0n) is 9.94. The summed E-state index contributed by atoms with van der Waals surface area (Å²) < 4.78 is 2.05. The van der Waals surface area contributed by atoms with E-state index in [-0.39, 0.29) is 0 Å². The Hall–Kier alpha value is -0.510. The van der Waals surface area contributed by atoms with Crippen LogP contribution in [0.2, 0.25) is 0 Å². The summed E-state index contributed by atoms with van der Waals surface area (Å²) in [7, 11) is 0. The molecule has 0 bridgehead atoms. The monoisotopic (exact) mass is 227 g/mol. The van der Waals surface area contributed by atoms with Crippen LogP contribution in [0.5, 0.6) is 0 Å². The fourth-order valence-electron chi connectivity index (χ4n) is 1.52. The first-order valence-corrected chi connectivity index (χ1v) is 6.99. The molecule has 0 saturated carbocycles. The van der Waals surface area contributed by atoms with Crippen LogP contribution in [0.1, 0.15) is 32.4 Å². The number of unbranched alkanes of at least 4 members (excludes halogenated alkanes) is 1. The molecule has 3 nitrogen and oxygen atoms in total. The highest BCUT2D eigenvalue weighted by molar-refractivity contribution is 7.98. The molecule has 0 fully saturated rings. The summed E-state index contributed by atoms with van der Waals surface area (Å²) in [5, 5.41) is 8.10. The smallest absolute Gasteiger partial charge is 0.0725 e. The third-order valence-electron chi connectivity index (χ3n) is 2.27. The standard InChI is InChI=1S/C11H21N3S/c1-10(2)9-14-11(8-12-13-14)6-4-5-7-15-3/h8,10H,4-7,9H2,1-3H3. The highest BCUT2D eigenvalue weighted by atomic mass is 32.2. The zero-order chi connectivity index (χ0) is 11.1. The maximum absolute atomic E-state index is 4.12. The van der Waals surface area contributed by atoms with Crippen LogP contribution >= 0.6 is 11.8 Å². The van der Waals surface area contributed by atoms with E-state index >= 15 is 0 Å². The second-order valence-electron chi connectivity index (χ2n) is 4.25. The molecule has 1 aromatic heterocycles. The third kappa shape index (κ3) is 4.69. The molecule has 0 aliphatic heterocycles. The van der Waals surface area contributed by atoms with Crippen LogP contribution in [-0.4, -0.2) is 27.0 Å². The molecule has 0 saturated heterocycles. The van der Waals surface area contributed by atoms with Gasteiger partial charge in [0, 0.05) is 6.54 Å². The largest absolute Gasteiger partial charge is 0.249 e. The topological polar surface area (TPSA) is 30.7 Å². The second-order valence-corrected chi connectivity index (χ2v) is 5.24. The lowest BCUT2D eigenvalue weighted by atomic mass is 10.2. The number of nitrogens with zero attached hydrogens (tertiary/aromatic N) is 3. The molecule has 0 atom stereocenters. The first kappa shape index (κ1) is 12.6. The maximum Gasteiger partial charge on any atom is 0.0725 e. The number of aromatic nitrogens is 3. The average Bonchev–Trinajstić information content (AvgIpc) is 2.59. The van der Waals surface area contributed by atoms with E-state index in [1.165, 1.54) is 24.3 Å². The van der Waals surface area contributed by atoms with Gasteiger partial charge in [-0.3, -0.25) is 0 Å². The van der Waals surface area contributed by atoms with Crippen LogP contribution in [0.4, 0.5) is 0 Å². The molecule has 86 valence electrons. The highest BCUT2D eigenvalue weighted by Crippen LogP contribution is 2.08. The van der Waals surface area contributed by atoms with Gasteiger partial charge in [0.15, 0.2) is 0 Å². The van der Waals surface area contributed by atoms with E-state index in [2.05, 4.69) is 30.4 Å². The molecular formula is C11H21N3S. The molecule has 0 N–H and O–H groups in total. The number of rotatable bonds is 7. The van der Waals surface area contributed by atoms with E-state index in [0.717, 1.165) is 13.0 Å². The lowest BCUT2D eigenvalue weighted by Gasteiger charge is -2.08. The van der Waals surface area contributed by atoms with Gasteiger partial charge in [-0.05, 0) is 37.2 Å². The maximum atomic E-state index is 4.12. The van der Waals surface area contributed by atoms with Gasteiger partial charge in [0.05, 0.1) is 11.9 Å². The van der Waals surface area contributed by atoms with Crippen molar-refractivity contribution >= 4 is 11.8 Å². The summed E-state index contributed by atoms with van der Waals surface area (Å²) >= 11 is 1.92. The molecule has 0 radical (unpaired) electrons. The van der Waals surface area contributed by atoms with Crippen molar-refractivity contribution in [3.05, 3.63) is 11.9 Å². The van der Waals surface area contributed by atoms with Crippen LogP contribution in [0.25, 0.3) is 0 Å². The molecule has 0 unspecified atom stereocenters. The lowest BCUT2D eigenvalue weighted by molar-refractivity contribution is 0.456. The van der Waals surface area contributed by atoms with Gasteiger partial charge in [-0.15, -0.1) is 5.10 Å². The molecule has 0 aromatic carbocycles. The van der Waals surface area contributed by atoms with Gasteiger partial charge in [0.25, 0.3) is 0 Å². The molecule has 1 heterocycles. The molecule has 15 heavy (non-hydrogen) atoms. The SMILES string of the molecule is CSCCCCc1cnnn1CC(C)C. The zero-order valence-corrected chi connectivity index (χ0v) is 10.8. The predicted octanol–water partition coefficient (Wildman–Crippen LogP) is 2.62. The minimum atomic E-state index is 0.636. The summed E-state index contributed by atoms with van der Waals surface area (Å²) in [6.07, 6.45) is 7.70. The predicted molar refractivity (Wildman–Crippen MR) is 66.2 cm³/mol. The minimum Gasteiger partial charge on any atom is -0.249 e. The van der Waals surface area contributed by atoms with E-state index in [1.54, 1.807) is 0 Å². The Morgan fingerprint density at radius 1 is 1.40 bits per heavy atom. The Morgan fingerprint density at radius 2 is 2.20 bits per heavy atom. The van der Waals surface area contributed by atoms with Crippen molar-refractivity contribution in [1.29, 1.82) is 0 Å². The van der Waals surface area contributed by atoms with Crippen LogP contribution in [0.15, 0.2) is 6.20 Å². The van der Waals surface area contributed by atoms with Crippen molar-refractivity contribution in [3.8, 4) is 0 Å². The Morgan fingerprint density at radius 3 is 2.87 bits per heavy atom. The van der Waals surface area contributed by atoms with Crippen LogP contribution in [0, 0.1) is 5.92 Å². The van der Waals surface area contributed by atoms with Gasteiger partial charge in [-0.2, -0.15) is 11.8 Å². The first-order valence-electron chi connectivity index (χ1n) is 5.60. The van der Waals surface area contributed by atoms with Crippen molar-refractivity contribution in [1.82, 2.24) is 15.0 Å². The van der Waals surface area contributed by atoms with Gasteiger partial charge >= 0.3 is 0 Å². The van der Waals surface area contributed by atoms with E-state index in [9.17, 15) is 0 Å². The number of aryl methyl sites for hydroxylation is 1. The quantitative estimate of drug-likeness (QED) is 0.671. The fraction of sp³-hybridized carbons (Fsp3) is 0.818. The summed E-state index contributed by atoms with van der Waals surface area (Å²) in [6, 6.07) is 0. The van der Waals surface area contributed by atoms with Crippen molar-refractivity contribution in [2.24, 2.45) is 5.92 Å². The van der Waals surface area contributed by atoms with Gasteiger partial charge in [0.2, 0.25) is 0 Å². The highest BCUT2D eigenvalue weighted by Gasteiger charge is 2.04. The normalized spacial score (nSPS) is 11.2. The van der Waals surface area contributed by atoms with Gasteiger partial charge < -0.3 is 0 Å². The van der Waals surface area contributed by atoms with E-state index in [1.807, 2.05) is 22.6 Å². The summed E-state index contributed by atoms with van der Waals surface area (Å²) in [5.74, 6) is 1.89. The number of hydrogen-bond acceptors (Lipinski definition) is 3. The first-order chi connectivity index (χ1) is 7.24. The lowest BCUT2D eigenvalue weighted by Crippen LogP contribution is -2.10. The second kappa shape index (κ2) is 6.88. The third-order valence-corrected chi connectivity index (χ3v) is 2.96. The molecule has 0 amide bonds. The van der Waals surface area contributed by atoms with Crippen LogP contribution in [0.3, 0.4) is 0 Å². The van der Waals surface area contributed by atoms with E-state index in [4.69, 9.17) is 0 Å². The van der Waals surface area contributed by atoms with Crippen molar-refractivity contribution < 1.29 is 0 Å². The van der Waals surface area contributed by atoms with Crippen molar-refractivity contribution in [2.45, 2.75) is 39.7 Å². The number of thioether (sulfide) groups is 1. The fourth-order valence-corrected chi connectivity index (χ4v) is 2.02. The summed E-state index contributed by atoms with van der Waals surface area (Å²) in [6.45, 7) is 5.40. The van der Waals surface area contributed by atoms with E-state index < -0.39 is 0 Å². The molecule has 0 spiro atoms. The molecule has 0 aliphatic carbocycles. The van der Waals surface area contributed by atoms with Crippen molar-refractivity contribution in [2.75, 3.05) is 12.0 Å². The minimum absolute atomic E-state index is 0.636. The Kier molecular flexibility index (Phi) is 5.76. The Bertz CT molecular complexity index is 271. The molecular weight excluding hydrogens is 206 g/mol. The van der Waals surface area contributed by atoms with Crippen LogP contribution < -0.4 is 0 Å². The van der Waals surface area contributed by atoms with Crippen molar-refractivity contribution in [3.63, 3.8) is 0 Å². The molecule has 0 aliphatic rings. The van der Waals surface area contributed by atoms with Crippen LogP contribution in [-0.2, 0) is 13.0 Å². The Labute approximate surface area is 96.6 Å². The van der Waals surface area contributed by atoms with E-state index in [0.29, 0.717) is 5.92 Å². The summed E-state index contributed by atoms with van der Waals surface area (Å²) in [4.78, 5) is 0. The molecule has 4 heteroatoms. The van der Waals surface area contributed by atoms with Gasteiger partial charge in [-0.1, -0.05) is 19.1 Å². The van der Waals surface area contributed by atoms with Gasteiger partial charge in [0.1, 0.15) is 0 Å². The summed E-state index contributed by atoms with van der Waals surface area (Å²) in [5.41, 5.74) is 1.28. The molecule has 1 aromatic rings.